The van der Waals surface area contributed by atoms with Gasteiger partial charge in [-0.1, -0.05) is 6.92 Å². The molecule has 0 bridgehead atoms. The molecule has 1 rings (SSSR count). The van der Waals surface area contributed by atoms with Gasteiger partial charge in [0.05, 0.1) is 13.7 Å². The van der Waals surface area contributed by atoms with E-state index in [0.29, 0.717) is 36.1 Å². The van der Waals surface area contributed by atoms with Crippen LogP contribution >= 0.6 is 0 Å². The lowest BCUT2D eigenvalue weighted by Gasteiger charge is -2.13. The Balaban J connectivity index is 2.64. The smallest absolute Gasteiger partial charge is 0.224 e. The lowest BCUT2D eigenvalue weighted by Crippen LogP contribution is -2.16. The highest BCUT2D eigenvalue weighted by molar-refractivity contribution is 5.91. The number of anilines is 1. The molecule has 0 radical (unpaired) electrons. The zero-order chi connectivity index (χ0) is 15.7. The summed E-state index contributed by atoms with van der Waals surface area (Å²) in [5.74, 6) is 1.31. The molecule has 1 aromatic rings. The van der Waals surface area contributed by atoms with Crippen molar-refractivity contribution in [3.05, 3.63) is 18.2 Å². The van der Waals surface area contributed by atoms with Crippen LogP contribution in [0.25, 0.3) is 0 Å². The van der Waals surface area contributed by atoms with Crippen LogP contribution in [0.2, 0.25) is 0 Å². The van der Waals surface area contributed by atoms with Crippen molar-refractivity contribution in [2.45, 2.75) is 19.8 Å². The number of hydrogen-bond donors (Lipinski definition) is 3. The van der Waals surface area contributed by atoms with Crippen LogP contribution in [0.1, 0.15) is 19.8 Å². The highest BCUT2D eigenvalue weighted by Gasteiger charge is 2.09. The molecule has 0 saturated heterocycles. The molecule has 1 unspecified atom stereocenters. The Hall–Kier alpha value is -1.79. The number of rotatable bonds is 9. The Morgan fingerprint density at radius 3 is 2.81 bits per heavy atom. The summed E-state index contributed by atoms with van der Waals surface area (Å²) in [5, 5.41) is 11.6. The van der Waals surface area contributed by atoms with Gasteiger partial charge in [-0.05, 0) is 31.0 Å². The van der Waals surface area contributed by atoms with Gasteiger partial charge in [0.15, 0.2) is 11.5 Å². The molecule has 6 nitrogen and oxygen atoms in total. The van der Waals surface area contributed by atoms with Crippen molar-refractivity contribution in [2.75, 3.05) is 32.2 Å². The van der Waals surface area contributed by atoms with Crippen molar-refractivity contribution in [3.8, 4) is 11.5 Å². The van der Waals surface area contributed by atoms with Crippen LogP contribution in [0.3, 0.4) is 0 Å². The molecule has 118 valence electrons. The molecule has 0 spiro atoms. The highest BCUT2D eigenvalue weighted by Crippen LogP contribution is 2.30. The first kappa shape index (κ1) is 17.3. The highest BCUT2D eigenvalue weighted by atomic mass is 16.5. The molecule has 0 fully saturated rings. The molecule has 0 aliphatic heterocycles. The predicted molar refractivity (Wildman–Crippen MR) is 81.7 cm³/mol. The average molecular weight is 296 g/mol. The fourth-order valence-electron chi connectivity index (χ4n) is 1.74. The number of ether oxygens (including phenoxy) is 2. The first-order valence-electron chi connectivity index (χ1n) is 7.02. The minimum Gasteiger partial charge on any atom is -0.493 e. The standard InChI is InChI=1S/C15H24N2O4/c1-11(10-16)3-6-15(19)17-12-4-5-13(20-2)14(9-12)21-8-7-18/h4-5,9,11,18H,3,6-8,10,16H2,1-2H3,(H,17,19). The van der Waals surface area contributed by atoms with Gasteiger partial charge < -0.3 is 25.6 Å². The van der Waals surface area contributed by atoms with E-state index in [1.54, 1.807) is 18.2 Å². The van der Waals surface area contributed by atoms with Gasteiger partial charge in [0.1, 0.15) is 6.61 Å². The van der Waals surface area contributed by atoms with Gasteiger partial charge >= 0.3 is 0 Å². The molecule has 6 heteroatoms. The van der Waals surface area contributed by atoms with E-state index >= 15 is 0 Å². The normalized spacial score (nSPS) is 11.8. The Labute approximate surface area is 125 Å². The summed E-state index contributed by atoms with van der Waals surface area (Å²) in [4.78, 5) is 11.8. The van der Waals surface area contributed by atoms with Crippen LogP contribution in [-0.2, 0) is 4.79 Å². The van der Waals surface area contributed by atoms with Crippen molar-refractivity contribution in [1.82, 2.24) is 0 Å². The molecule has 1 amide bonds. The maximum atomic E-state index is 11.8. The molecule has 0 heterocycles. The number of benzene rings is 1. The Morgan fingerprint density at radius 2 is 2.19 bits per heavy atom. The number of nitrogens with two attached hydrogens (primary N) is 1. The van der Waals surface area contributed by atoms with E-state index < -0.39 is 0 Å². The van der Waals surface area contributed by atoms with Gasteiger partial charge in [-0.3, -0.25) is 4.79 Å². The molecule has 0 aromatic heterocycles. The molecule has 1 aromatic carbocycles. The van der Waals surface area contributed by atoms with Crippen LogP contribution < -0.4 is 20.5 Å². The maximum Gasteiger partial charge on any atom is 0.224 e. The monoisotopic (exact) mass is 296 g/mol. The average Bonchev–Trinajstić information content (AvgIpc) is 2.50. The summed E-state index contributed by atoms with van der Waals surface area (Å²) in [6.45, 7) is 2.68. The zero-order valence-electron chi connectivity index (χ0n) is 12.6. The fraction of sp³-hybridized carbons (Fsp3) is 0.533. The molecule has 0 saturated carbocycles. The summed E-state index contributed by atoms with van der Waals surface area (Å²) in [6.07, 6.45) is 1.18. The second-order valence-corrected chi connectivity index (χ2v) is 4.87. The van der Waals surface area contributed by atoms with Crippen molar-refractivity contribution < 1.29 is 19.4 Å². The van der Waals surface area contributed by atoms with E-state index in [0.717, 1.165) is 6.42 Å². The third-order valence-electron chi connectivity index (χ3n) is 3.06. The summed E-state index contributed by atoms with van der Waals surface area (Å²) < 4.78 is 10.5. The van der Waals surface area contributed by atoms with E-state index in [-0.39, 0.29) is 19.1 Å². The van der Waals surface area contributed by atoms with Gasteiger partial charge in [0.25, 0.3) is 0 Å². The minimum absolute atomic E-state index is 0.0615. The first-order chi connectivity index (χ1) is 10.1. The van der Waals surface area contributed by atoms with Crippen molar-refractivity contribution in [3.63, 3.8) is 0 Å². The van der Waals surface area contributed by atoms with Gasteiger partial charge in [0.2, 0.25) is 5.91 Å². The molecule has 1 atom stereocenters. The summed E-state index contributed by atoms with van der Waals surface area (Å²) in [6, 6.07) is 5.14. The molecular formula is C15H24N2O4. The second kappa shape index (κ2) is 9.20. The summed E-state index contributed by atoms with van der Waals surface area (Å²) in [7, 11) is 1.54. The van der Waals surface area contributed by atoms with Gasteiger partial charge in [-0.25, -0.2) is 0 Å². The molecule has 21 heavy (non-hydrogen) atoms. The predicted octanol–water partition coefficient (Wildman–Crippen LogP) is 1.38. The lowest BCUT2D eigenvalue weighted by molar-refractivity contribution is -0.116. The maximum absolute atomic E-state index is 11.8. The summed E-state index contributed by atoms with van der Waals surface area (Å²) >= 11 is 0. The molecule has 0 aliphatic carbocycles. The largest absolute Gasteiger partial charge is 0.493 e. The summed E-state index contributed by atoms with van der Waals surface area (Å²) in [5.41, 5.74) is 6.16. The Bertz CT molecular complexity index is 451. The Morgan fingerprint density at radius 1 is 1.43 bits per heavy atom. The van der Waals surface area contributed by atoms with Gasteiger partial charge in [-0.2, -0.15) is 0 Å². The quantitative estimate of drug-likeness (QED) is 0.640. The van der Waals surface area contributed by atoms with Crippen LogP contribution in [0.5, 0.6) is 11.5 Å². The van der Waals surface area contributed by atoms with Crippen molar-refractivity contribution >= 4 is 11.6 Å². The number of aliphatic hydroxyl groups is 1. The van der Waals surface area contributed by atoms with E-state index in [1.165, 1.54) is 7.11 Å². The lowest BCUT2D eigenvalue weighted by atomic mass is 10.1. The van der Waals surface area contributed by atoms with E-state index in [2.05, 4.69) is 5.32 Å². The van der Waals surface area contributed by atoms with Crippen LogP contribution in [0.4, 0.5) is 5.69 Å². The number of carbonyl (C=O) groups is 1. The third kappa shape index (κ3) is 6.01. The van der Waals surface area contributed by atoms with Crippen LogP contribution in [0.15, 0.2) is 18.2 Å². The topological polar surface area (TPSA) is 93.8 Å². The van der Waals surface area contributed by atoms with Crippen LogP contribution in [0, 0.1) is 5.92 Å². The number of methoxy groups -OCH3 is 1. The number of hydrogen-bond acceptors (Lipinski definition) is 5. The minimum atomic E-state index is -0.0866. The number of aliphatic hydroxyl groups excluding tert-OH is 1. The molecule has 0 aliphatic rings. The van der Waals surface area contributed by atoms with Gasteiger partial charge in [-0.15, -0.1) is 0 Å². The first-order valence-corrected chi connectivity index (χ1v) is 7.02. The molecular weight excluding hydrogens is 272 g/mol. The van der Waals surface area contributed by atoms with Crippen LogP contribution in [-0.4, -0.2) is 37.9 Å². The molecule has 4 N–H and O–H groups in total. The van der Waals surface area contributed by atoms with E-state index in [1.807, 2.05) is 6.92 Å². The SMILES string of the molecule is COc1ccc(NC(=O)CCC(C)CN)cc1OCCO. The van der Waals surface area contributed by atoms with E-state index in [4.69, 9.17) is 20.3 Å². The third-order valence-corrected chi connectivity index (χ3v) is 3.06. The number of nitrogens with one attached hydrogen (secondary N) is 1. The Kier molecular flexibility index (Phi) is 7.56. The second-order valence-electron chi connectivity index (χ2n) is 4.87. The van der Waals surface area contributed by atoms with Gasteiger partial charge in [0, 0.05) is 18.2 Å². The number of amides is 1. The fourth-order valence-corrected chi connectivity index (χ4v) is 1.74. The van der Waals surface area contributed by atoms with Crippen molar-refractivity contribution in [1.29, 1.82) is 0 Å². The van der Waals surface area contributed by atoms with E-state index in [9.17, 15) is 4.79 Å². The van der Waals surface area contributed by atoms with Crippen molar-refractivity contribution in [2.24, 2.45) is 11.7 Å². The number of carbonyl (C=O) groups excluding carboxylic acids is 1. The zero-order valence-corrected chi connectivity index (χ0v) is 12.6.